The molecule has 0 saturated carbocycles. The van der Waals surface area contributed by atoms with E-state index in [0.29, 0.717) is 6.04 Å². The minimum Gasteiger partial charge on any atom is -0.314 e. The monoisotopic (exact) mass is 139 g/mol. The molecule has 0 aliphatic carbocycles. The molecule has 1 rings (SSSR count). The van der Waals surface area contributed by atoms with Crippen LogP contribution in [0.3, 0.4) is 0 Å². The summed E-state index contributed by atoms with van der Waals surface area (Å²) in [5.74, 6) is 0.118. The molecule has 1 aliphatic heterocycles. The predicted octanol–water partition coefficient (Wildman–Crippen LogP) is -0.293. The minimum absolute atomic E-state index is 0.118. The molecule has 3 nitrogen and oxygen atoms in total. The summed E-state index contributed by atoms with van der Waals surface area (Å²) in [6, 6.07) is 2.58. The van der Waals surface area contributed by atoms with Gasteiger partial charge in [-0.2, -0.15) is 5.26 Å². The van der Waals surface area contributed by atoms with Crippen molar-refractivity contribution in [1.29, 1.82) is 5.26 Å². The molecule has 0 aromatic rings. The van der Waals surface area contributed by atoms with Crippen molar-refractivity contribution in [3.05, 3.63) is 0 Å². The van der Waals surface area contributed by atoms with Crippen molar-refractivity contribution in [3.8, 4) is 6.07 Å². The molecule has 2 atom stereocenters. The van der Waals surface area contributed by atoms with E-state index in [0.717, 1.165) is 19.6 Å². The molecule has 3 heteroatoms. The van der Waals surface area contributed by atoms with E-state index in [4.69, 9.17) is 5.26 Å². The van der Waals surface area contributed by atoms with Gasteiger partial charge >= 0.3 is 0 Å². The van der Waals surface area contributed by atoms with Crippen LogP contribution in [0, 0.1) is 17.2 Å². The summed E-state index contributed by atoms with van der Waals surface area (Å²) < 4.78 is 0. The van der Waals surface area contributed by atoms with Gasteiger partial charge in [-0.3, -0.25) is 0 Å². The number of nitriles is 1. The average molecular weight is 139 g/mol. The second-order valence-electron chi connectivity index (χ2n) is 2.68. The van der Waals surface area contributed by atoms with E-state index in [1.165, 1.54) is 0 Å². The van der Waals surface area contributed by atoms with E-state index in [9.17, 15) is 0 Å². The Kier molecular flexibility index (Phi) is 2.67. The molecule has 0 bridgehead atoms. The van der Waals surface area contributed by atoms with Gasteiger partial charge in [-0.25, -0.2) is 0 Å². The molecule has 2 unspecified atom stereocenters. The van der Waals surface area contributed by atoms with E-state index in [2.05, 4.69) is 16.7 Å². The zero-order valence-corrected chi connectivity index (χ0v) is 6.22. The Hall–Kier alpha value is -0.590. The Balaban J connectivity index is 2.33. The van der Waals surface area contributed by atoms with Gasteiger partial charge in [0.05, 0.1) is 12.0 Å². The Labute approximate surface area is 61.4 Å². The summed E-state index contributed by atoms with van der Waals surface area (Å²) >= 11 is 0. The molecule has 2 N–H and O–H groups in total. The van der Waals surface area contributed by atoms with E-state index in [-0.39, 0.29) is 5.92 Å². The Morgan fingerprint density at radius 3 is 2.90 bits per heavy atom. The van der Waals surface area contributed by atoms with Gasteiger partial charge in [0.25, 0.3) is 0 Å². The van der Waals surface area contributed by atoms with Crippen LogP contribution >= 0.6 is 0 Å². The van der Waals surface area contributed by atoms with Crippen LogP contribution in [0.25, 0.3) is 0 Å². The average Bonchev–Trinajstić information content (AvgIpc) is 2.05. The Morgan fingerprint density at radius 1 is 1.60 bits per heavy atom. The molecule has 0 aromatic carbocycles. The fourth-order valence-electron chi connectivity index (χ4n) is 1.12. The highest BCUT2D eigenvalue weighted by molar-refractivity contribution is 4.91. The number of hydrogen-bond acceptors (Lipinski definition) is 3. The molecular weight excluding hydrogens is 126 g/mol. The maximum atomic E-state index is 8.57. The van der Waals surface area contributed by atoms with Gasteiger partial charge in [0, 0.05) is 25.7 Å². The van der Waals surface area contributed by atoms with Crippen LogP contribution in [0.5, 0.6) is 0 Å². The maximum absolute atomic E-state index is 8.57. The lowest BCUT2D eigenvalue weighted by molar-refractivity contribution is 0.367. The van der Waals surface area contributed by atoms with Crippen molar-refractivity contribution in [2.45, 2.75) is 13.0 Å². The van der Waals surface area contributed by atoms with Gasteiger partial charge in [0.2, 0.25) is 0 Å². The molecule has 0 radical (unpaired) electrons. The van der Waals surface area contributed by atoms with Gasteiger partial charge in [0.1, 0.15) is 0 Å². The first-order chi connectivity index (χ1) is 4.84. The number of nitrogens with one attached hydrogen (secondary N) is 2. The summed E-state index contributed by atoms with van der Waals surface area (Å²) in [6.07, 6.45) is 0. The van der Waals surface area contributed by atoms with Gasteiger partial charge in [-0.15, -0.1) is 0 Å². The molecule has 0 amide bonds. The lowest BCUT2D eigenvalue weighted by Crippen LogP contribution is -2.50. The van der Waals surface area contributed by atoms with Crippen LogP contribution in [-0.4, -0.2) is 25.7 Å². The molecule has 1 heterocycles. The fraction of sp³-hybridized carbons (Fsp3) is 0.857. The van der Waals surface area contributed by atoms with E-state index < -0.39 is 0 Å². The largest absolute Gasteiger partial charge is 0.314 e. The molecule has 0 spiro atoms. The van der Waals surface area contributed by atoms with Gasteiger partial charge in [-0.05, 0) is 6.92 Å². The predicted molar refractivity (Wildman–Crippen MR) is 39.4 cm³/mol. The summed E-state index contributed by atoms with van der Waals surface area (Å²) in [4.78, 5) is 0. The minimum atomic E-state index is 0.118. The topological polar surface area (TPSA) is 47.9 Å². The third kappa shape index (κ3) is 1.69. The Morgan fingerprint density at radius 2 is 2.40 bits per heavy atom. The fourth-order valence-corrected chi connectivity index (χ4v) is 1.12. The zero-order chi connectivity index (χ0) is 7.40. The highest BCUT2D eigenvalue weighted by Gasteiger charge is 2.17. The van der Waals surface area contributed by atoms with Crippen molar-refractivity contribution < 1.29 is 0 Å². The van der Waals surface area contributed by atoms with E-state index in [1.807, 2.05) is 6.92 Å². The van der Waals surface area contributed by atoms with E-state index in [1.54, 1.807) is 0 Å². The first-order valence-corrected chi connectivity index (χ1v) is 3.68. The summed E-state index contributed by atoms with van der Waals surface area (Å²) in [7, 11) is 0. The molecule has 1 fully saturated rings. The van der Waals surface area contributed by atoms with Crippen LogP contribution in [0.2, 0.25) is 0 Å². The van der Waals surface area contributed by atoms with Crippen LogP contribution in [0.1, 0.15) is 6.92 Å². The number of piperazine rings is 1. The van der Waals surface area contributed by atoms with Gasteiger partial charge in [-0.1, -0.05) is 0 Å². The van der Waals surface area contributed by atoms with Crippen molar-refractivity contribution in [2.24, 2.45) is 5.92 Å². The summed E-state index contributed by atoms with van der Waals surface area (Å²) in [5.41, 5.74) is 0. The summed E-state index contributed by atoms with van der Waals surface area (Å²) in [6.45, 7) is 4.88. The molecule has 1 saturated heterocycles. The number of hydrogen-bond donors (Lipinski definition) is 2. The normalized spacial score (nSPS) is 29.0. The van der Waals surface area contributed by atoms with Crippen LogP contribution < -0.4 is 10.6 Å². The Bertz CT molecular complexity index is 132. The third-order valence-corrected chi connectivity index (χ3v) is 1.88. The lowest BCUT2D eigenvalue weighted by atomic mass is 10.0. The smallest absolute Gasteiger partial charge is 0.0669 e. The van der Waals surface area contributed by atoms with Gasteiger partial charge in [0.15, 0.2) is 0 Å². The summed E-state index contributed by atoms with van der Waals surface area (Å²) in [5, 5.41) is 15.1. The zero-order valence-electron chi connectivity index (χ0n) is 6.22. The van der Waals surface area contributed by atoms with E-state index >= 15 is 0 Å². The quantitative estimate of drug-likeness (QED) is 0.524. The van der Waals surface area contributed by atoms with Crippen molar-refractivity contribution in [3.63, 3.8) is 0 Å². The van der Waals surface area contributed by atoms with Crippen molar-refractivity contribution >= 4 is 0 Å². The highest BCUT2D eigenvalue weighted by atomic mass is 15.1. The highest BCUT2D eigenvalue weighted by Crippen LogP contribution is 2.01. The van der Waals surface area contributed by atoms with Crippen LogP contribution in [0.15, 0.2) is 0 Å². The van der Waals surface area contributed by atoms with Crippen molar-refractivity contribution in [2.75, 3.05) is 19.6 Å². The third-order valence-electron chi connectivity index (χ3n) is 1.88. The first kappa shape index (κ1) is 7.52. The van der Waals surface area contributed by atoms with Crippen LogP contribution in [0.4, 0.5) is 0 Å². The maximum Gasteiger partial charge on any atom is 0.0669 e. The molecular formula is C7H13N3. The van der Waals surface area contributed by atoms with Crippen molar-refractivity contribution in [1.82, 2.24) is 10.6 Å². The SMILES string of the molecule is CC(C#N)C1CNCCN1. The van der Waals surface area contributed by atoms with Crippen LogP contribution in [-0.2, 0) is 0 Å². The molecule has 1 aliphatic rings. The second-order valence-corrected chi connectivity index (χ2v) is 2.68. The first-order valence-electron chi connectivity index (χ1n) is 3.68. The molecule has 0 aromatic heterocycles. The number of nitrogens with zero attached hydrogens (tertiary/aromatic N) is 1. The molecule has 56 valence electrons. The second kappa shape index (κ2) is 3.55. The number of rotatable bonds is 1. The molecule has 10 heavy (non-hydrogen) atoms. The van der Waals surface area contributed by atoms with Gasteiger partial charge < -0.3 is 10.6 Å². The lowest BCUT2D eigenvalue weighted by Gasteiger charge is -2.25. The standard InChI is InChI=1S/C7H13N3/c1-6(4-8)7-5-9-2-3-10-7/h6-7,9-10H,2-3,5H2,1H3.